The zero-order valence-corrected chi connectivity index (χ0v) is 20.3. The molecule has 8 nitrogen and oxygen atoms in total. The van der Waals surface area contributed by atoms with E-state index in [2.05, 4.69) is 15.2 Å². The van der Waals surface area contributed by atoms with Crippen LogP contribution in [0.3, 0.4) is 0 Å². The summed E-state index contributed by atoms with van der Waals surface area (Å²) >= 11 is 7.26. The van der Waals surface area contributed by atoms with Crippen LogP contribution in [0, 0.1) is 0 Å². The van der Waals surface area contributed by atoms with Crippen LogP contribution in [0.1, 0.15) is 12.8 Å². The number of nitrogens with one attached hydrogen (secondary N) is 1. The molecular weight excluding hydrogens is 484 g/mol. The molecule has 4 rings (SSSR count). The minimum Gasteiger partial charge on any atom is -0.368 e. The van der Waals surface area contributed by atoms with Crippen LogP contribution >= 0.6 is 22.9 Å². The van der Waals surface area contributed by atoms with Crippen LogP contribution in [-0.2, 0) is 19.4 Å². The molecule has 1 aliphatic rings. The van der Waals surface area contributed by atoms with E-state index in [1.165, 1.54) is 17.4 Å². The Kier molecular flexibility index (Phi) is 6.87. The van der Waals surface area contributed by atoms with Gasteiger partial charge in [-0.3, -0.25) is 9.59 Å². The Balaban J connectivity index is 1.27. The molecule has 3 aromatic rings. The zero-order chi connectivity index (χ0) is 23.6. The average Bonchev–Trinajstić information content (AvgIpc) is 3.18. The third-order valence-corrected chi connectivity index (χ3v) is 7.68. The monoisotopic (exact) mass is 506 g/mol. The number of nitrogens with zero attached hydrogens (tertiary/aromatic N) is 3. The van der Waals surface area contributed by atoms with Crippen molar-refractivity contribution in [3.63, 3.8) is 0 Å². The minimum atomic E-state index is -3.32. The van der Waals surface area contributed by atoms with Crippen LogP contribution in [-0.4, -0.2) is 62.6 Å². The number of carbonyl (C=O) groups excluding carboxylic acids is 2. The van der Waals surface area contributed by atoms with Gasteiger partial charge >= 0.3 is 0 Å². The normalized spacial score (nSPS) is 14.5. The number of aromatic nitrogens is 1. The van der Waals surface area contributed by atoms with Crippen molar-refractivity contribution in [1.82, 2.24) is 9.88 Å². The summed E-state index contributed by atoms with van der Waals surface area (Å²) < 4.78 is 24.1. The number of sulfone groups is 1. The highest BCUT2D eigenvalue weighted by molar-refractivity contribution is 7.90. The van der Waals surface area contributed by atoms with Gasteiger partial charge in [-0.2, -0.15) is 0 Å². The maximum Gasteiger partial charge on any atom is 0.226 e. The van der Waals surface area contributed by atoms with E-state index < -0.39 is 9.84 Å². The van der Waals surface area contributed by atoms with Crippen LogP contribution in [0.5, 0.6) is 0 Å². The Labute approximate surface area is 201 Å². The SMILES string of the molecule is CS(=O)(=O)c1ccc2nc(NC(=O)CCC(=O)N3CCN(c4cccc(Cl)c4)CC3)sc2c1. The first-order chi connectivity index (χ1) is 15.7. The van der Waals surface area contributed by atoms with Gasteiger partial charge in [0.2, 0.25) is 11.8 Å². The first-order valence-corrected chi connectivity index (χ1v) is 13.5. The first-order valence-electron chi connectivity index (χ1n) is 10.4. The summed E-state index contributed by atoms with van der Waals surface area (Å²) in [6.45, 7) is 2.60. The minimum absolute atomic E-state index is 0.0534. The standard InChI is InChI=1S/C22H23ClN4O4S2/c1-33(30,31)17-5-6-18-19(14-17)32-22(24-18)25-20(28)7-8-21(29)27-11-9-26(10-12-27)16-4-2-3-15(23)13-16/h2-6,13-14H,7-12H2,1H3,(H,24,25,28). The number of rotatable bonds is 6. The predicted octanol–water partition coefficient (Wildman–Crippen LogP) is 3.42. The molecule has 33 heavy (non-hydrogen) atoms. The fourth-order valence-electron chi connectivity index (χ4n) is 3.64. The van der Waals surface area contributed by atoms with Crippen molar-refractivity contribution in [3.05, 3.63) is 47.5 Å². The molecule has 2 aromatic carbocycles. The number of thiazole rings is 1. The van der Waals surface area contributed by atoms with Crippen LogP contribution in [0.2, 0.25) is 5.02 Å². The van der Waals surface area contributed by atoms with E-state index in [0.29, 0.717) is 46.5 Å². The molecule has 0 spiro atoms. The van der Waals surface area contributed by atoms with Gasteiger partial charge < -0.3 is 15.1 Å². The molecule has 0 atom stereocenters. The van der Waals surface area contributed by atoms with Gasteiger partial charge in [-0.05, 0) is 36.4 Å². The zero-order valence-electron chi connectivity index (χ0n) is 18.0. The van der Waals surface area contributed by atoms with E-state index in [1.54, 1.807) is 17.0 Å². The third kappa shape index (κ3) is 5.82. The van der Waals surface area contributed by atoms with Crippen molar-refractivity contribution in [1.29, 1.82) is 0 Å². The van der Waals surface area contributed by atoms with Gasteiger partial charge in [0.25, 0.3) is 0 Å². The van der Waals surface area contributed by atoms with Crippen molar-refractivity contribution >= 4 is 65.6 Å². The van der Waals surface area contributed by atoms with Gasteiger partial charge in [0.1, 0.15) is 0 Å². The van der Waals surface area contributed by atoms with Gasteiger partial charge in [0, 0.05) is 56.0 Å². The van der Waals surface area contributed by atoms with E-state index >= 15 is 0 Å². The molecule has 11 heteroatoms. The highest BCUT2D eigenvalue weighted by Crippen LogP contribution is 2.28. The molecule has 174 valence electrons. The first kappa shape index (κ1) is 23.5. The fraction of sp³-hybridized carbons (Fsp3) is 0.318. The van der Waals surface area contributed by atoms with Crippen molar-refractivity contribution in [3.8, 4) is 0 Å². The Morgan fingerprint density at radius 3 is 2.55 bits per heavy atom. The molecule has 0 bridgehead atoms. The van der Waals surface area contributed by atoms with Crippen molar-refractivity contribution in [2.24, 2.45) is 0 Å². The number of halogens is 1. The number of piperazine rings is 1. The lowest BCUT2D eigenvalue weighted by molar-refractivity contribution is -0.133. The van der Waals surface area contributed by atoms with E-state index in [9.17, 15) is 18.0 Å². The Hall–Kier alpha value is -2.69. The molecule has 2 heterocycles. The molecular formula is C22H23ClN4O4S2. The number of hydrogen-bond acceptors (Lipinski definition) is 7. The van der Waals surface area contributed by atoms with Crippen LogP contribution in [0.4, 0.5) is 10.8 Å². The number of hydrogen-bond donors (Lipinski definition) is 1. The highest BCUT2D eigenvalue weighted by atomic mass is 35.5. The van der Waals surface area contributed by atoms with E-state index in [0.717, 1.165) is 11.9 Å². The summed E-state index contributed by atoms with van der Waals surface area (Å²) in [5, 5.41) is 3.77. The number of anilines is 2. The predicted molar refractivity (Wildman–Crippen MR) is 131 cm³/mol. The molecule has 1 aromatic heterocycles. The molecule has 2 amide bonds. The summed E-state index contributed by atoms with van der Waals surface area (Å²) in [6, 6.07) is 12.3. The van der Waals surface area contributed by atoms with E-state index in [-0.39, 0.29) is 29.6 Å². The Bertz CT molecular complexity index is 1300. The smallest absolute Gasteiger partial charge is 0.226 e. The average molecular weight is 507 g/mol. The van der Waals surface area contributed by atoms with E-state index in [4.69, 9.17) is 11.6 Å². The summed E-state index contributed by atoms with van der Waals surface area (Å²) in [5.74, 6) is -0.360. The molecule has 1 fully saturated rings. The second-order valence-electron chi connectivity index (χ2n) is 7.82. The number of fused-ring (bicyclic) bond motifs is 1. The summed E-state index contributed by atoms with van der Waals surface area (Å²) in [6.07, 6.45) is 1.32. The molecule has 1 aliphatic heterocycles. The molecule has 0 aliphatic carbocycles. The van der Waals surface area contributed by atoms with Crippen molar-refractivity contribution in [2.75, 3.05) is 42.7 Å². The van der Waals surface area contributed by atoms with Gasteiger partial charge in [-0.15, -0.1) is 0 Å². The Morgan fingerprint density at radius 2 is 1.85 bits per heavy atom. The molecule has 0 unspecified atom stereocenters. The van der Waals surface area contributed by atoms with Gasteiger partial charge in [-0.25, -0.2) is 13.4 Å². The maximum absolute atomic E-state index is 12.6. The quantitative estimate of drug-likeness (QED) is 0.550. The number of benzene rings is 2. The molecule has 1 saturated heterocycles. The number of carbonyl (C=O) groups is 2. The maximum atomic E-state index is 12.6. The van der Waals surface area contributed by atoms with Gasteiger partial charge in [0.15, 0.2) is 15.0 Å². The highest BCUT2D eigenvalue weighted by Gasteiger charge is 2.22. The lowest BCUT2D eigenvalue weighted by Crippen LogP contribution is -2.48. The lowest BCUT2D eigenvalue weighted by atomic mass is 10.2. The van der Waals surface area contributed by atoms with Gasteiger partial charge in [-0.1, -0.05) is 29.0 Å². The summed E-state index contributed by atoms with van der Waals surface area (Å²) in [7, 11) is -3.32. The second kappa shape index (κ2) is 9.66. The third-order valence-electron chi connectivity index (χ3n) is 5.41. The number of amides is 2. The van der Waals surface area contributed by atoms with E-state index in [1.807, 2.05) is 24.3 Å². The summed E-state index contributed by atoms with van der Waals surface area (Å²) in [5.41, 5.74) is 1.64. The Morgan fingerprint density at radius 1 is 1.09 bits per heavy atom. The van der Waals surface area contributed by atoms with Crippen LogP contribution in [0.15, 0.2) is 47.4 Å². The molecule has 0 saturated carbocycles. The lowest BCUT2D eigenvalue weighted by Gasteiger charge is -2.36. The van der Waals surface area contributed by atoms with Crippen molar-refractivity contribution < 1.29 is 18.0 Å². The van der Waals surface area contributed by atoms with Crippen LogP contribution < -0.4 is 10.2 Å². The fourth-order valence-corrected chi connectivity index (χ4v) is 5.46. The molecule has 1 N–H and O–H groups in total. The second-order valence-corrected chi connectivity index (χ2v) is 11.3. The largest absolute Gasteiger partial charge is 0.368 e. The molecule has 0 radical (unpaired) electrons. The topological polar surface area (TPSA) is 99.7 Å². The van der Waals surface area contributed by atoms with Crippen molar-refractivity contribution in [2.45, 2.75) is 17.7 Å². The van der Waals surface area contributed by atoms with Crippen LogP contribution in [0.25, 0.3) is 10.2 Å². The summed E-state index contributed by atoms with van der Waals surface area (Å²) in [4.78, 5) is 33.4. The van der Waals surface area contributed by atoms with Gasteiger partial charge in [0.05, 0.1) is 15.1 Å².